The average Bonchev–Trinajstić information content (AvgIpc) is 2.32. The van der Waals surface area contributed by atoms with Crippen LogP contribution >= 0.6 is 0 Å². The molecule has 0 atom stereocenters. The summed E-state index contributed by atoms with van der Waals surface area (Å²) in [5.74, 6) is 0.182. The molecule has 0 heterocycles. The molecule has 0 N–H and O–H groups in total. The summed E-state index contributed by atoms with van der Waals surface area (Å²) in [7, 11) is 0. The van der Waals surface area contributed by atoms with Gasteiger partial charge in [0.05, 0.1) is 0 Å². The van der Waals surface area contributed by atoms with Gasteiger partial charge in [0.15, 0.2) is 0 Å². The Bertz CT molecular complexity index is 568. The fraction of sp³-hybridized carbons (Fsp3) is 0.294. The van der Waals surface area contributed by atoms with E-state index in [0.29, 0.717) is 5.92 Å². The number of aryl methyl sites for hydroxylation is 2. The smallest absolute Gasteiger partial charge is 0.131 e. The Morgan fingerprint density at radius 2 is 1.67 bits per heavy atom. The maximum absolute atomic E-state index is 14.1. The summed E-state index contributed by atoms with van der Waals surface area (Å²) in [5, 5.41) is 0. The van der Waals surface area contributed by atoms with E-state index in [1.807, 2.05) is 12.1 Å². The molecule has 0 spiro atoms. The van der Waals surface area contributed by atoms with Gasteiger partial charge in [0.1, 0.15) is 5.82 Å². The average molecular weight is 242 g/mol. The molecule has 0 aliphatic heterocycles. The van der Waals surface area contributed by atoms with E-state index in [2.05, 4.69) is 39.8 Å². The third-order valence-corrected chi connectivity index (χ3v) is 3.46. The van der Waals surface area contributed by atoms with Crippen LogP contribution in [-0.4, -0.2) is 0 Å². The van der Waals surface area contributed by atoms with Crippen LogP contribution in [-0.2, 0) is 0 Å². The molecule has 0 nitrogen and oxygen atoms in total. The quantitative estimate of drug-likeness (QED) is 0.676. The van der Waals surface area contributed by atoms with Crippen LogP contribution in [0.15, 0.2) is 36.4 Å². The monoisotopic (exact) mass is 242 g/mol. The van der Waals surface area contributed by atoms with Crippen molar-refractivity contribution in [3.8, 4) is 11.1 Å². The molecule has 2 rings (SSSR count). The fourth-order valence-corrected chi connectivity index (χ4v) is 2.22. The van der Waals surface area contributed by atoms with Crippen LogP contribution in [0.4, 0.5) is 4.39 Å². The molecular formula is C17H19F. The predicted octanol–water partition coefficient (Wildman–Crippen LogP) is 5.23. The highest BCUT2D eigenvalue weighted by Gasteiger charge is 2.13. The Hall–Kier alpha value is -1.63. The molecule has 0 fully saturated rings. The Morgan fingerprint density at radius 3 is 2.28 bits per heavy atom. The number of hydrogen-bond donors (Lipinski definition) is 0. The molecule has 0 saturated carbocycles. The first-order valence-corrected chi connectivity index (χ1v) is 6.36. The predicted molar refractivity (Wildman–Crippen MR) is 75.4 cm³/mol. The minimum absolute atomic E-state index is 0.135. The van der Waals surface area contributed by atoms with Crippen molar-refractivity contribution >= 4 is 0 Å². The van der Waals surface area contributed by atoms with Gasteiger partial charge in [-0.1, -0.05) is 44.2 Å². The SMILES string of the molecule is Cc1ccc(-c2c(F)cccc2C(C)C)cc1C. The van der Waals surface area contributed by atoms with Crippen molar-refractivity contribution in [2.24, 2.45) is 0 Å². The molecule has 0 radical (unpaired) electrons. The van der Waals surface area contributed by atoms with Gasteiger partial charge in [0.25, 0.3) is 0 Å². The van der Waals surface area contributed by atoms with Crippen molar-refractivity contribution in [1.29, 1.82) is 0 Å². The van der Waals surface area contributed by atoms with Gasteiger partial charge in [-0.3, -0.25) is 0 Å². The number of rotatable bonds is 2. The number of halogens is 1. The largest absolute Gasteiger partial charge is 0.206 e. The summed E-state index contributed by atoms with van der Waals surface area (Å²) in [4.78, 5) is 0. The summed E-state index contributed by atoms with van der Waals surface area (Å²) >= 11 is 0. The highest BCUT2D eigenvalue weighted by molar-refractivity contribution is 5.69. The van der Waals surface area contributed by atoms with Gasteiger partial charge < -0.3 is 0 Å². The molecule has 2 aromatic rings. The van der Waals surface area contributed by atoms with E-state index < -0.39 is 0 Å². The van der Waals surface area contributed by atoms with Crippen molar-refractivity contribution < 1.29 is 4.39 Å². The van der Waals surface area contributed by atoms with E-state index in [1.165, 1.54) is 17.2 Å². The molecule has 0 amide bonds. The Morgan fingerprint density at radius 1 is 0.944 bits per heavy atom. The van der Waals surface area contributed by atoms with Gasteiger partial charge in [-0.2, -0.15) is 0 Å². The van der Waals surface area contributed by atoms with Crippen molar-refractivity contribution in [2.45, 2.75) is 33.6 Å². The Kier molecular flexibility index (Phi) is 3.51. The molecule has 2 aromatic carbocycles. The molecule has 0 unspecified atom stereocenters. The molecule has 18 heavy (non-hydrogen) atoms. The van der Waals surface area contributed by atoms with E-state index in [4.69, 9.17) is 0 Å². The lowest BCUT2D eigenvalue weighted by atomic mass is 9.91. The van der Waals surface area contributed by atoms with Crippen molar-refractivity contribution in [1.82, 2.24) is 0 Å². The highest BCUT2D eigenvalue weighted by atomic mass is 19.1. The number of hydrogen-bond acceptors (Lipinski definition) is 0. The normalized spacial score (nSPS) is 11.0. The summed E-state index contributed by atoms with van der Waals surface area (Å²) in [6.45, 7) is 8.33. The number of benzene rings is 2. The molecule has 0 aromatic heterocycles. The van der Waals surface area contributed by atoms with Crippen LogP contribution in [0.3, 0.4) is 0 Å². The zero-order chi connectivity index (χ0) is 13.3. The van der Waals surface area contributed by atoms with Gasteiger partial charge in [-0.15, -0.1) is 0 Å². The van der Waals surface area contributed by atoms with Gasteiger partial charge in [0.2, 0.25) is 0 Å². The second kappa shape index (κ2) is 4.93. The minimum Gasteiger partial charge on any atom is -0.206 e. The lowest BCUT2D eigenvalue weighted by Gasteiger charge is -2.15. The van der Waals surface area contributed by atoms with Crippen molar-refractivity contribution in [3.63, 3.8) is 0 Å². The highest BCUT2D eigenvalue weighted by Crippen LogP contribution is 2.32. The molecule has 0 aliphatic carbocycles. The summed E-state index contributed by atoms with van der Waals surface area (Å²) in [5.41, 5.74) is 5.22. The van der Waals surface area contributed by atoms with Crippen molar-refractivity contribution in [2.75, 3.05) is 0 Å². The van der Waals surface area contributed by atoms with Gasteiger partial charge >= 0.3 is 0 Å². The van der Waals surface area contributed by atoms with E-state index in [1.54, 1.807) is 6.07 Å². The van der Waals surface area contributed by atoms with Crippen LogP contribution in [0.25, 0.3) is 11.1 Å². The maximum Gasteiger partial charge on any atom is 0.131 e. The topological polar surface area (TPSA) is 0 Å². The fourth-order valence-electron chi connectivity index (χ4n) is 2.22. The lowest BCUT2D eigenvalue weighted by molar-refractivity contribution is 0.627. The minimum atomic E-state index is -0.135. The van der Waals surface area contributed by atoms with E-state index in [-0.39, 0.29) is 5.82 Å². The van der Waals surface area contributed by atoms with E-state index in [9.17, 15) is 4.39 Å². The maximum atomic E-state index is 14.1. The molecule has 1 heteroatoms. The van der Waals surface area contributed by atoms with Crippen LogP contribution in [0.2, 0.25) is 0 Å². The lowest BCUT2D eigenvalue weighted by Crippen LogP contribution is -1.96. The first kappa shape index (κ1) is 12.8. The Balaban J connectivity index is 2.66. The molecule has 0 bridgehead atoms. The molecule has 94 valence electrons. The summed E-state index contributed by atoms with van der Waals surface area (Å²) in [6, 6.07) is 11.5. The molecule has 0 saturated heterocycles. The van der Waals surface area contributed by atoms with E-state index >= 15 is 0 Å². The standard InChI is InChI=1S/C17H19F/c1-11(2)15-6-5-7-16(18)17(15)14-9-8-12(3)13(4)10-14/h5-11H,1-4H3. The summed E-state index contributed by atoms with van der Waals surface area (Å²) in [6.07, 6.45) is 0. The Labute approximate surface area is 108 Å². The van der Waals surface area contributed by atoms with Gasteiger partial charge in [-0.25, -0.2) is 4.39 Å². The van der Waals surface area contributed by atoms with Crippen LogP contribution in [0, 0.1) is 19.7 Å². The first-order chi connectivity index (χ1) is 8.50. The van der Waals surface area contributed by atoms with Gasteiger partial charge in [0, 0.05) is 5.56 Å². The van der Waals surface area contributed by atoms with Crippen LogP contribution in [0.1, 0.15) is 36.5 Å². The first-order valence-electron chi connectivity index (χ1n) is 6.36. The van der Waals surface area contributed by atoms with Gasteiger partial charge in [-0.05, 0) is 48.1 Å². The third-order valence-electron chi connectivity index (χ3n) is 3.46. The van der Waals surface area contributed by atoms with Crippen LogP contribution in [0.5, 0.6) is 0 Å². The second-order valence-corrected chi connectivity index (χ2v) is 5.16. The van der Waals surface area contributed by atoms with Crippen LogP contribution < -0.4 is 0 Å². The zero-order valence-corrected chi connectivity index (χ0v) is 11.4. The molecular weight excluding hydrogens is 223 g/mol. The van der Waals surface area contributed by atoms with E-state index in [0.717, 1.165) is 16.7 Å². The summed E-state index contributed by atoms with van der Waals surface area (Å²) < 4.78 is 14.1. The second-order valence-electron chi connectivity index (χ2n) is 5.16. The third kappa shape index (κ3) is 2.31. The molecule has 0 aliphatic rings. The zero-order valence-electron chi connectivity index (χ0n) is 11.4. The van der Waals surface area contributed by atoms with Crippen molar-refractivity contribution in [3.05, 3.63) is 58.9 Å².